The molecule has 0 N–H and O–H groups in total. The molecule has 19 heavy (non-hydrogen) atoms. The lowest BCUT2D eigenvalue weighted by molar-refractivity contribution is 0.0568. The number of carbonyl (C=O) groups is 1. The molecule has 1 aliphatic rings. The molecule has 2 heterocycles. The first-order chi connectivity index (χ1) is 9.26. The second-order valence-corrected chi connectivity index (χ2v) is 5.82. The van der Waals surface area contributed by atoms with Gasteiger partial charge in [-0.05, 0) is 31.9 Å². The Balaban J connectivity index is 2.00. The lowest BCUT2D eigenvalue weighted by atomic mass is 10.2. The summed E-state index contributed by atoms with van der Waals surface area (Å²) in [6.45, 7) is 4.75. The summed E-state index contributed by atoms with van der Waals surface area (Å²) in [5.74, 6) is 0.134. The summed E-state index contributed by atoms with van der Waals surface area (Å²) in [5, 5.41) is 0. The molecule has 1 aromatic rings. The van der Waals surface area contributed by atoms with Crippen LogP contribution < -0.4 is 0 Å². The number of amides is 1. The molecule has 0 aliphatic carbocycles. The highest BCUT2D eigenvalue weighted by molar-refractivity contribution is 7.14. The summed E-state index contributed by atoms with van der Waals surface area (Å²) in [6.07, 6.45) is 2.11. The summed E-state index contributed by atoms with van der Waals surface area (Å²) in [7, 11) is 1.67. The number of hydrogen-bond acceptors (Lipinski definition) is 4. The summed E-state index contributed by atoms with van der Waals surface area (Å²) in [4.78, 5) is 16.3. The van der Waals surface area contributed by atoms with Gasteiger partial charge in [0.25, 0.3) is 5.91 Å². The van der Waals surface area contributed by atoms with Crippen molar-refractivity contribution in [3.63, 3.8) is 0 Å². The first-order valence-corrected chi connectivity index (χ1v) is 7.54. The number of ether oxygens (including phenoxy) is 2. The van der Waals surface area contributed by atoms with Crippen molar-refractivity contribution < 1.29 is 14.3 Å². The number of hydrogen-bond donors (Lipinski definition) is 0. The monoisotopic (exact) mass is 283 g/mol. The van der Waals surface area contributed by atoms with Gasteiger partial charge < -0.3 is 14.4 Å². The van der Waals surface area contributed by atoms with Crippen LogP contribution in [-0.4, -0.2) is 43.7 Å². The third-order valence-electron chi connectivity index (χ3n) is 3.31. The minimum absolute atomic E-state index is 0.134. The van der Waals surface area contributed by atoms with Gasteiger partial charge in [0.2, 0.25) is 0 Å². The predicted octanol–water partition coefficient (Wildman–Crippen LogP) is 2.54. The normalized spacial score (nSPS) is 19.1. The molecule has 1 amide bonds. The van der Waals surface area contributed by atoms with Crippen LogP contribution in [0, 0.1) is 0 Å². The van der Waals surface area contributed by atoms with Crippen molar-refractivity contribution in [3.05, 3.63) is 21.9 Å². The zero-order valence-electron chi connectivity index (χ0n) is 11.6. The van der Waals surface area contributed by atoms with Crippen LogP contribution >= 0.6 is 11.3 Å². The topological polar surface area (TPSA) is 38.8 Å². The predicted molar refractivity (Wildman–Crippen MR) is 75.6 cm³/mol. The zero-order valence-corrected chi connectivity index (χ0v) is 12.4. The molecule has 1 saturated heterocycles. The largest absolute Gasteiger partial charge is 0.380 e. The maximum atomic E-state index is 12.5. The third kappa shape index (κ3) is 3.55. The molecule has 1 aliphatic heterocycles. The summed E-state index contributed by atoms with van der Waals surface area (Å²) in [6, 6.07) is 4.10. The minimum Gasteiger partial charge on any atom is -0.380 e. The number of nitrogens with zero attached hydrogens (tertiary/aromatic N) is 1. The molecule has 0 aromatic carbocycles. The van der Waals surface area contributed by atoms with Crippen molar-refractivity contribution in [1.29, 1.82) is 0 Å². The van der Waals surface area contributed by atoms with Gasteiger partial charge in [0, 0.05) is 25.1 Å². The summed E-state index contributed by atoms with van der Waals surface area (Å²) in [5.41, 5.74) is 0. The molecule has 1 fully saturated rings. The van der Waals surface area contributed by atoms with E-state index in [1.807, 2.05) is 24.0 Å². The quantitative estimate of drug-likeness (QED) is 0.805. The summed E-state index contributed by atoms with van der Waals surface area (Å²) >= 11 is 1.52. The molecular formula is C14H21NO3S. The fourth-order valence-electron chi connectivity index (χ4n) is 2.38. The molecule has 0 bridgehead atoms. The SMILES string of the molecule is CCOCC1CCCN1C(=O)c1ccc(COC)s1. The van der Waals surface area contributed by atoms with Crippen LogP contribution in [0.3, 0.4) is 0 Å². The van der Waals surface area contributed by atoms with Gasteiger partial charge in [-0.1, -0.05) is 0 Å². The molecule has 2 rings (SSSR count). The van der Waals surface area contributed by atoms with E-state index in [2.05, 4.69) is 0 Å². The van der Waals surface area contributed by atoms with Crippen LogP contribution in [-0.2, 0) is 16.1 Å². The van der Waals surface area contributed by atoms with Crippen molar-refractivity contribution in [2.24, 2.45) is 0 Å². The number of carbonyl (C=O) groups excluding carboxylic acids is 1. The van der Waals surface area contributed by atoms with E-state index in [1.54, 1.807) is 7.11 Å². The lowest BCUT2D eigenvalue weighted by Crippen LogP contribution is -2.37. The van der Waals surface area contributed by atoms with E-state index in [1.165, 1.54) is 11.3 Å². The zero-order chi connectivity index (χ0) is 13.7. The van der Waals surface area contributed by atoms with Crippen LogP contribution in [0.15, 0.2) is 12.1 Å². The standard InChI is InChI=1S/C14H21NO3S/c1-3-18-9-11-5-4-8-15(11)14(16)13-7-6-12(19-13)10-17-2/h6-7,11H,3-5,8-10H2,1-2H3. The Morgan fingerprint density at radius 1 is 1.53 bits per heavy atom. The van der Waals surface area contributed by atoms with Crippen molar-refractivity contribution in [1.82, 2.24) is 4.90 Å². The van der Waals surface area contributed by atoms with Gasteiger partial charge in [0.15, 0.2) is 0 Å². The van der Waals surface area contributed by atoms with Crippen LogP contribution in [0.1, 0.15) is 34.3 Å². The molecule has 0 saturated carbocycles. The van der Waals surface area contributed by atoms with Crippen LogP contribution in [0.2, 0.25) is 0 Å². The average molecular weight is 283 g/mol. The number of methoxy groups -OCH3 is 1. The fraction of sp³-hybridized carbons (Fsp3) is 0.643. The fourth-order valence-corrected chi connectivity index (χ4v) is 3.32. The Morgan fingerprint density at radius 2 is 2.37 bits per heavy atom. The Kier molecular flexibility index (Phi) is 5.36. The molecule has 5 heteroatoms. The average Bonchev–Trinajstić information content (AvgIpc) is 3.04. The van der Waals surface area contributed by atoms with Crippen molar-refractivity contribution in [2.75, 3.05) is 26.9 Å². The smallest absolute Gasteiger partial charge is 0.264 e. The van der Waals surface area contributed by atoms with E-state index >= 15 is 0 Å². The van der Waals surface area contributed by atoms with Crippen molar-refractivity contribution in [2.45, 2.75) is 32.4 Å². The number of rotatable bonds is 6. The van der Waals surface area contributed by atoms with E-state index in [0.717, 1.165) is 29.1 Å². The van der Waals surface area contributed by atoms with Gasteiger partial charge in [0.1, 0.15) is 0 Å². The second kappa shape index (κ2) is 7.03. The van der Waals surface area contributed by atoms with Gasteiger partial charge in [-0.25, -0.2) is 0 Å². The highest BCUT2D eigenvalue weighted by Crippen LogP contribution is 2.24. The maximum absolute atomic E-state index is 12.5. The van der Waals surface area contributed by atoms with E-state index < -0.39 is 0 Å². The van der Waals surface area contributed by atoms with E-state index in [4.69, 9.17) is 9.47 Å². The molecule has 1 aromatic heterocycles. The lowest BCUT2D eigenvalue weighted by Gasteiger charge is -2.23. The van der Waals surface area contributed by atoms with E-state index in [-0.39, 0.29) is 11.9 Å². The first-order valence-electron chi connectivity index (χ1n) is 6.72. The Hall–Kier alpha value is -0.910. The highest BCUT2D eigenvalue weighted by atomic mass is 32.1. The van der Waals surface area contributed by atoms with Gasteiger partial charge >= 0.3 is 0 Å². The molecule has 106 valence electrons. The van der Waals surface area contributed by atoms with Crippen molar-refractivity contribution >= 4 is 17.2 Å². The summed E-state index contributed by atoms with van der Waals surface area (Å²) < 4.78 is 10.6. The molecule has 1 unspecified atom stereocenters. The maximum Gasteiger partial charge on any atom is 0.264 e. The van der Waals surface area contributed by atoms with Crippen LogP contribution in [0.5, 0.6) is 0 Å². The molecule has 1 atom stereocenters. The molecule has 4 nitrogen and oxygen atoms in total. The van der Waals surface area contributed by atoms with Gasteiger partial charge in [-0.3, -0.25) is 4.79 Å². The minimum atomic E-state index is 0.134. The van der Waals surface area contributed by atoms with Gasteiger partial charge in [0.05, 0.1) is 24.1 Å². The molecular weight excluding hydrogens is 262 g/mol. The van der Waals surface area contributed by atoms with Gasteiger partial charge in [-0.15, -0.1) is 11.3 Å². The highest BCUT2D eigenvalue weighted by Gasteiger charge is 2.30. The van der Waals surface area contributed by atoms with Crippen LogP contribution in [0.4, 0.5) is 0 Å². The Bertz CT molecular complexity index is 419. The number of likely N-dealkylation sites (tertiary alicyclic amines) is 1. The van der Waals surface area contributed by atoms with E-state index in [0.29, 0.717) is 19.8 Å². The molecule has 0 spiro atoms. The second-order valence-electron chi connectivity index (χ2n) is 4.65. The Labute approximate surface area is 118 Å². The third-order valence-corrected chi connectivity index (χ3v) is 4.36. The first kappa shape index (κ1) is 14.5. The molecule has 0 radical (unpaired) electrons. The Morgan fingerprint density at radius 3 is 3.11 bits per heavy atom. The number of thiophene rings is 1. The van der Waals surface area contributed by atoms with E-state index in [9.17, 15) is 4.79 Å². The van der Waals surface area contributed by atoms with Crippen LogP contribution in [0.25, 0.3) is 0 Å². The van der Waals surface area contributed by atoms with Crippen molar-refractivity contribution in [3.8, 4) is 0 Å². The van der Waals surface area contributed by atoms with Gasteiger partial charge in [-0.2, -0.15) is 0 Å².